The molecular formula is C19H15ClFN5O2S. The monoisotopic (exact) mass is 431 g/mol. The Morgan fingerprint density at radius 1 is 1.14 bits per heavy atom. The van der Waals surface area contributed by atoms with Crippen LogP contribution in [-0.2, 0) is 10.0 Å². The minimum Gasteiger partial charge on any atom is -0.383 e. The Morgan fingerprint density at radius 2 is 1.93 bits per heavy atom. The maximum Gasteiger partial charge on any atom is 0.263 e. The molecule has 0 spiro atoms. The molecule has 4 aromatic rings. The number of benzene rings is 2. The molecule has 0 radical (unpaired) electrons. The minimum atomic E-state index is -3.98. The van der Waals surface area contributed by atoms with Crippen molar-refractivity contribution in [2.45, 2.75) is 11.8 Å². The highest BCUT2D eigenvalue weighted by Gasteiger charge is 2.19. The second kappa shape index (κ2) is 7.02. The molecule has 0 aliphatic rings. The summed E-state index contributed by atoms with van der Waals surface area (Å²) >= 11 is 5.88. The van der Waals surface area contributed by atoms with Gasteiger partial charge in [0.1, 0.15) is 16.5 Å². The molecule has 0 aliphatic carbocycles. The first-order chi connectivity index (χ1) is 13.8. The van der Waals surface area contributed by atoms with E-state index < -0.39 is 15.8 Å². The van der Waals surface area contributed by atoms with Crippen LogP contribution in [0.25, 0.3) is 16.8 Å². The normalized spacial score (nSPS) is 11.7. The lowest BCUT2D eigenvalue weighted by Gasteiger charge is -2.13. The molecule has 0 aliphatic heterocycles. The molecule has 0 saturated carbocycles. The van der Waals surface area contributed by atoms with E-state index in [-0.39, 0.29) is 9.92 Å². The average Bonchev–Trinajstić information content (AvgIpc) is 3.12. The molecule has 0 bridgehead atoms. The number of nitrogens with zero attached hydrogens (tertiary/aromatic N) is 3. The predicted octanol–water partition coefficient (Wildman–Crippen LogP) is 3.88. The van der Waals surface area contributed by atoms with Gasteiger partial charge in [0.25, 0.3) is 10.0 Å². The number of anilines is 2. The van der Waals surface area contributed by atoms with Gasteiger partial charge in [0.05, 0.1) is 11.2 Å². The van der Waals surface area contributed by atoms with Crippen LogP contribution < -0.4 is 10.5 Å². The zero-order valence-electron chi connectivity index (χ0n) is 15.1. The first kappa shape index (κ1) is 19.2. The van der Waals surface area contributed by atoms with Gasteiger partial charge in [-0.3, -0.25) is 4.72 Å². The smallest absolute Gasteiger partial charge is 0.263 e. The van der Waals surface area contributed by atoms with E-state index in [1.807, 2.05) is 6.92 Å². The summed E-state index contributed by atoms with van der Waals surface area (Å²) in [5.41, 5.74) is 9.41. The fourth-order valence-electron chi connectivity index (χ4n) is 3.03. The summed E-state index contributed by atoms with van der Waals surface area (Å²) in [5.74, 6) is -0.191. The first-order valence-electron chi connectivity index (χ1n) is 8.43. The number of nitrogen functional groups attached to an aromatic ring is 1. The average molecular weight is 432 g/mol. The Balaban J connectivity index is 1.69. The largest absolute Gasteiger partial charge is 0.383 e. The number of aryl methyl sites for hydroxylation is 1. The van der Waals surface area contributed by atoms with Gasteiger partial charge in [0, 0.05) is 23.5 Å². The third-order valence-corrected chi connectivity index (χ3v) is 6.27. The van der Waals surface area contributed by atoms with E-state index in [1.54, 1.807) is 36.7 Å². The van der Waals surface area contributed by atoms with Crippen molar-refractivity contribution in [1.82, 2.24) is 14.6 Å². The number of hydrogen-bond acceptors (Lipinski definition) is 5. The standard InChI is InChI=1S/C19H15ClFN5O2S/c1-11-8-13(25-29(27,28)17-5-2-12(21)9-16(17)20)3-4-14(11)15-10-23-18-6-7-24-26(18)19(15)22/h2-10,25H,22H2,1H3. The zero-order valence-corrected chi connectivity index (χ0v) is 16.7. The molecule has 4 rings (SSSR count). The number of nitrogens with one attached hydrogen (secondary N) is 1. The van der Waals surface area contributed by atoms with Crippen LogP contribution >= 0.6 is 11.6 Å². The Kier molecular flexibility index (Phi) is 4.64. The number of halogens is 2. The maximum absolute atomic E-state index is 13.2. The molecular weight excluding hydrogens is 417 g/mol. The second-order valence-electron chi connectivity index (χ2n) is 6.37. The number of fused-ring (bicyclic) bond motifs is 1. The third kappa shape index (κ3) is 3.50. The van der Waals surface area contributed by atoms with Gasteiger partial charge in [-0.1, -0.05) is 17.7 Å². The molecule has 7 nitrogen and oxygen atoms in total. The van der Waals surface area contributed by atoms with Gasteiger partial charge in [-0.15, -0.1) is 0 Å². The van der Waals surface area contributed by atoms with Crippen molar-refractivity contribution in [2.75, 3.05) is 10.5 Å². The topological polar surface area (TPSA) is 102 Å². The lowest BCUT2D eigenvalue weighted by Crippen LogP contribution is -2.13. The highest BCUT2D eigenvalue weighted by atomic mass is 35.5. The quantitative estimate of drug-likeness (QED) is 0.510. The van der Waals surface area contributed by atoms with E-state index in [1.165, 1.54) is 4.52 Å². The summed E-state index contributed by atoms with van der Waals surface area (Å²) in [6.07, 6.45) is 3.25. The molecule has 0 saturated heterocycles. The van der Waals surface area contributed by atoms with Gasteiger partial charge >= 0.3 is 0 Å². The molecule has 2 aromatic carbocycles. The van der Waals surface area contributed by atoms with Gasteiger partial charge in [0.2, 0.25) is 0 Å². The van der Waals surface area contributed by atoms with Crippen molar-refractivity contribution in [2.24, 2.45) is 0 Å². The number of rotatable bonds is 4. The number of aromatic nitrogens is 3. The van der Waals surface area contributed by atoms with E-state index in [9.17, 15) is 12.8 Å². The molecule has 10 heteroatoms. The van der Waals surface area contributed by atoms with Crippen LogP contribution in [-0.4, -0.2) is 23.0 Å². The fourth-order valence-corrected chi connectivity index (χ4v) is 4.61. The predicted molar refractivity (Wildman–Crippen MR) is 110 cm³/mol. The van der Waals surface area contributed by atoms with Crippen molar-refractivity contribution in [3.63, 3.8) is 0 Å². The summed E-state index contributed by atoms with van der Waals surface area (Å²) in [4.78, 5) is 4.11. The number of nitrogens with two attached hydrogens (primary N) is 1. The molecule has 0 fully saturated rings. The fraction of sp³-hybridized carbons (Fsp3) is 0.0526. The molecule has 0 amide bonds. The zero-order chi connectivity index (χ0) is 20.8. The first-order valence-corrected chi connectivity index (χ1v) is 10.3. The van der Waals surface area contributed by atoms with Crippen molar-refractivity contribution in [1.29, 1.82) is 0 Å². The molecule has 29 heavy (non-hydrogen) atoms. The molecule has 148 valence electrons. The summed E-state index contributed by atoms with van der Waals surface area (Å²) in [6.45, 7) is 1.82. The van der Waals surface area contributed by atoms with E-state index in [2.05, 4.69) is 14.8 Å². The summed E-state index contributed by atoms with van der Waals surface area (Å²) in [5, 5.41) is 3.95. The summed E-state index contributed by atoms with van der Waals surface area (Å²) < 4.78 is 42.4. The van der Waals surface area contributed by atoms with Crippen LogP contribution in [0.1, 0.15) is 5.56 Å². The highest BCUT2D eigenvalue weighted by Crippen LogP contribution is 2.31. The van der Waals surface area contributed by atoms with Crippen LogP contribution in [0.3, 0.4) is 0 Å². The Hall–Kier alpha value is -3.17. The van der Waals surface area contributed by atoms with Crippen LogP contribution in [0.2, 0.25) is 5.02 Å². The molecule has 2 aromatic heterocycles. The minimum absolute atomic E-state index is 0.197. The summed E-state index contributed by atoms with van der Waals surface area (Å²) in [6, 6.07) is 9.85. The SMILES string of the molecule is Cc1cc(NS(=O)(=O)c2ccc(F)cc2Cl)ccc1-c1cnc2ccnn2c1N. The van der Waals surface area contributed by atoms with Gasteiger partial charge in [0.15, 0.2) is 5.65 Å². The number of sulfonamides is 1. The Labute approximate surface area is 171 Å². The van der Waals surface area contributed by atoms with Crippen molar-refractivity contribution in [3.8, 4) is 11.1 Å². The Bertz CT molecular complexity index is 1350. The van der Waals surface area contributed by atoms with E-state index in [0.717, 1.165) is 29.3 Å². The lowest BCUT2D eigenvalue weighted by atomic mass is 10.0. The van der Waals surface area contributed by atoms with Crippen LogP contribution in [0, 0.1) is 12.7 Å². The molecule has 3 N–H and O–H groups in total. The van der Waals surface area contributed by atoms with Gasteiger partial charge in [-0.2, -0.15) is 9.61 Å². The van der Waals surface area contributed by atoms with Gasteiger partial charge < -0.3 is 5.73 Å². The van der Waals surface area contributed by atoms with E-state index >= 15 is 0 Å². The van der Waals surface area contributed by atoms with E-state index in [0.29, 0.717) is 22.7 Å². The number of hydrogen-bond donors (Lipinski definition) is 2. The van der Waals surface area contributed by atoms with Crippen LogP contribution in [0.5, 0.6) is 0 Å². The van der Waals surface area contributed by atoms with Crippen molar-refractivity contribution in [3.05, 3.63) is 71.3 Å². The van der Waals surface area contributed by atoms with Crippen LogP contribution in [0.4, 0.5) is 15.9 Å². The van der Waals surface area contributed by atoms with Crippen molar-refractivity contribution < 1.29 is 12.8 Å². The molecule has 2 heterocycles. The molecule has 0 atom stereocenters. The molecule has 0 unspecified atom stereocenters. The maximum atomic E-state index is 13.2. The van der Waals surface area contributed by atoms with Gasteiger partial charge in [-0.25, -0.2) is 17.8 Å². The Morgan fingerprint density at radius 3 is 2.66 bits per heavy atom. The van der Waals surface area contributed by atoms with E-state index in [4.69, 9.17) is 17.3 Å². The summed E-state index contributed by atoms with van der Waals surface area (Å²) in [7, 11) is -3.98. The second-order valence-corrected chi connectivity index (χ2v) is 8.43. The van der Waals surface area contributed by atoms with Crippen molar-refractivity contribution >= 4 is 38.8 Å². The lowest BCUT2D eigenvalue weighted by molar-refractivity contribution is 0.600. The van der Waals surface area contributed by atoms with Gasteiger partial charge in [-0.05, 0) is 48.4 Å². The third-order valence-electron chi connectivity index (χ3n) is 4.41. The van der Waals surface area contributed by atoms with Crippen LogP contribution in [0.15, 0.2) is 59.8 Å². The highest BCUT2D eigenvalue weighted by molar-refractivity contribution is 7.92.